The van der Waals surface area contributed by atoms with Gasteiger partial charge in [-0.2, -0.15) is 0 Å². The topological polar surface area (TPSA) is 163 Å². The summed E-state index contributed by atoms with van der Waals surface area (Å²) in [4.78, 5) is 36.7. The van der Waals surface area contributed by atoms with Crippen molar-refractivity contribution in [3.8, 4) is 0 Å². The molecule has 2 heterocycles. The molecule has 0 aromatic carbocycles. The van der Waals surface area contributed by atoms with Crippen molar-refractivity contribution < 1.29 is 37.9 Å². The van der Waals surface area contributed by atoms with E-state index in [4.69, 9.17) is 13.8 Å². The zero-order valence-electron chi connectivity index (χ0n) is 15.2. The minimum Gasteiger partial charge on any atom is -0.756 e. The van der Waals surface area contributed by atoms with Crippen LogP contribution in [0.2, 0.25) is 0 Å². The Morgan fingerprint density at radius 3 is 2.56 bits per heavy atom. The van der Waals surface area contributed by atoms with Gasteiger partial charge in [-0.3, -0.25) is 18.9 Å². The third-order valence-corrected chi connectivity index (χ3v) is 4.84. The summed E-state index contributed by atoms with van der Waals surface area (Å²) in [6, 6.07) is 1.04. The molecule has 2 rings (SSSR count). The van der Waals surface area contributed by atoms with Crippen molar-refractivity contribution in [2.24, 2.45) is 0 Å². The molecule has 0 amide bonds. The highest BCUT2D eigenvalue weighted by Gasteiger charge is 2.44. The number of quaternary nitrogens is 1. The summed E-state index contributed by atoms with van der Waals surface area (Å²) < 4.78 is 28.0. The van der Waals surface area contributed by atoms with Gasteiger partial charge in [0, 0.05) is 12.3 Å². The van der Waals surface area contributed by atoms with E-state index >= 15 is 0 Å². The third-order valence-electron chi connectivity index (χ3n) is 3.87. The van der Waals surface area contributed by atoms with Gasteiger partial charge < -0.3 is 33.4 Å². The predicted molar refractivity (Wildman–Crippen MR) is 89.7 cm³/mol. The summed E-state index contributed by atoms with van der Waals surface area (Å²) in [5.74, 6) is 0. The van der Waals surface area contributed by atoms with Crippen LogP contribution in [0.4, 0.5) is 0 Å². The van der Waals surface area contributed by atoms with E-state index in [0.29, 0.717) is 11.0 Å². The normalized spacial score (nSPS) is 28.2. The number of nitrogens with one attached hydrogen (secondary N) is 1. The number of likely N-dealkylation sites (N-methyl/N-ethyl adjacent to an activating group) is 1. The molecule has 0 aliphatic carbocycles. The Hall–Kier alpha value is -1.37. The van der Waals surface area contributed by atoms with E-state index in [9.17, 15) is 29.3 Å². The predicted octanol–water partition coefficient (Wildman–Crippen LogP) is -2.64. The maximum atomic E-state index is 11.8. The third kappa shape index (κ3) is 6.06. The second-order valence-corrected chi connectivity index (χ2v) is 8.56. The van der Waals surface area contributed by atoms with Gasteiger partial charge in [-0.05, 0) is 0 Å². The lowest BCUT2D eigenvalue weighted by Gasteiger charge is -2.28. The summed E-state index contributed by atoms with van der Waals surface area (Å²) in [5, 5.41) is 20.1. The van der Waals surface area contributed by atoms with E-state index in [0.717, 1.165) is 16.8 Å². The van der Waals surface area contributed by atoms with E-state index in [1.165, 1.54) is 0 Å². The van der Waals surface area contributed by atoms with Crippen LogP contribution in [-0.4, -0.2) is 83.5 Å². The maximum Gasteiger partial charge on any atom is 0.330 e. The van der Waals surface area contributed by atoms with Gasteiger partial charge in [0.15, 0.2) is 6.23 Å². The number of aliphatic hydroxyl groups excluding tert-OH is 2. The van der Waals surface area contributed by atoms with Gasteiger partial charge in [0.2, 0.25) is 0 Å². The summed E-state index contributed by atoms with van der Waals surface area (Å²) in [6.07, 6.45) is -4.50. The molecule has 0 radical (unpaired) electrons. The van der Waals surface area contributed by atoms with Gasteiger partial charge in [0.25, 0.3) is 13.4 Å². The molecule has 5 atom stereocenters. The molecule has 1 saturated heterocycles. The van der Waals surface area contributed by atoms with Crippen LogP contribution in [0.1, 0.15) is 6.23 Å². The van der Waals surface area contributed by atoms with E-state index in [2.05, 4.69) is 0 Å². The molecule has 3 N–H and O–H groups in total. The SMILES string of the molecule is C[N+](C)(C)CCOP(=O)([O-])OC[C@H]1O[C@@H](n2ccc(=O)[nH]c2=O)[C@H](O)[C@@H]1O. The van der Waals surface area contributed by atoms with Crippen molar-refractivity contribution in [1.29, 1.82) is 0 Å². The van der Waals surface area contributed by atoms with E-state index in [-0.39, 0.29) is 6.61 Å². The van der Waals surface area contributed by atoms with Crippen LogP contribution in [-0.2, 0) is 18.3 Å². The fourth-order valence-electron chi connectivity index (χ4n) is 2.35. The van der Waals surface area contributed by atoms with Crippen molar-refractivity contribution >= 4 is 7.82 Å². The average molecular weight is 409 g/mol. The van der Waals surface area contributed by atoms with E-state index in [1.807, 2.05) is 26.1 Å². The summed E-state index contributed by atoms with van der Waals surface area (Å²) in [5.41, 5.74) is -1.49. The smallest absolute Gasteiger partial charge is 0.330 e. The first-order valence-electron chi connectivity index (χ1n) is 8.13. The monoisotopic (exact) mass is 409 g/mol. The van der Waals surface area contributed by atoms with Crippen molar-refractivity contribution in [3.63, 3.8) is 0 Å². The molecule has 27 heavy (non-hydrogen) atoms. The molecule has 1 aromatic heterocycles. The largest absolute Gasteiger partial charge is 0.756 e. The van der Waals surface area contributed by atoms with Gasteiger partial charge in [-0.15, -0.1) is 0 Å². The number of hydrogen-bond donors (Lipinski definition) is 3. The Morgan fingerprint density at radius 1 is 1.30 bits per heavy atom. The molecular formula is C14H24N3O9P. The van der Waals surface area contributed by atoms with Crippen molar-refractivity contribution in [2.45, 2.75) is 24.5 Å². The molecule has 13 heteroatoms. The Morgan fingerprint density at radius 2 is 1.96 bits per heavy atom. The first-order chi connectivity index (χ1) is 12.4. The maximum absolute atomic E-state index is 11.8. The first kappa shape index (κ1) is 21.9. The van der Waals surface area contributed by atoms with Crippen molar-refractivity contribution in [3.05, 3.63) is 33.1 Å². The van der Waals surface area contributed by atoms with Crippen LogP contribution in [0.5, 0.6) is 0 Å². The molecule has 1 unspecified atom stereocenters. The van der Waals surface area contributed by atoms with Crippen LogP contribution in [0.15, 0.2) is 21.9 Å². The summed E-state index contributed by atoms with van der Waals surface area (Å²) in [7, 11) is 0.958. The molecule has 0 saturated carbocycles. The number of aromatic nitrogens is 2. The van der Waals surface area contributed by atoms with Gasteiger partial charge in [-0.1, -0.05) is 0 Å². The van der Waals surface area contributed by atoms with Crippen molar-refractivity contribution in [2.75, 3.05) is 40.9 Å². The minimum absolute atomic E-state index is 0.0869. The van der Waals surface area contributed by atoms with E-state index in [1.54, 1.807) is 0 Å². The van der Waals surface area contributed by atoms with E-state index < -0.39 is 50.2 Å². The highest BCUT2D eigenvalue weighted by molar-refractivity contribution is 7.45. The van der Waals surface area contributed by atoms with Gasteiger partial charge >= 0.3 is 5.69 Å². The Bertz CT molecular complexity index is 802. The average Bonchev–Trinajstić information content (AvgIpc) is 2.80. The number of ether oxygens (including phenoxy) is 1. The number of rotatable bonds is 8. The molecule has 0 spiro atoms. The fraction of sp³-hybridized carbons (Fsp3) is 0.714. The fourth-order valence-corrected chi connectivity index (χ4v) is 3.06. The Labute approximate surface area is 154 Å². The number of phosphoric ester groups is 1. The zero-order chi connectivity index (χ0) is 20.4. The standard InChI is InChI=1S/C14H24N3O9P/c1-17(2,3)6-7-24-27(22,23)25-8-9-11(19)12(20)13(26-9)16-5-4-10(18)15-14(16)21/h4-5,9,11-13,19-20H,6-8H2,1-3H3,(H-,15,18,21,22,23)/t9-,11-,12-,13-/m1/s1. The number of aromatic amines is 1. The quantitative estimate of drug-likeness (QED) is 0.308. The molecule has 1 aromatic rings. The summed E-state index contributed by atoms with van der Waals surface area (Å²) >= 11 is 0. The van der Waals surface area contributed by atoms with Crippen molar-refractivity contribution in [1.82, 2.24) is 9.55 Å². The number of hydrogen-bond acceptors (Lipinski definition) is 9. The molecule has 0 bridgehead atoms. The number of phosphoric acid groups is 1. The first-order valence-corrected chi connectivity index (χ1v) is 9.59. The highest BCUT2D eigenvalue weighted by atomic mass is 31.2. The zero-order valence-corrected chi connectivity index (χ0v) is 16.1. The lowest BCUT2D eigenvalue weighted by Crippen LogP contribution is -2.38. The summed E-state index contributed by atoms with van der Waals surface area (Å²) in [6.45, 7) is -0.275. The molecule has 154 valence electrons. The minimum atomic E-state index is -4.63. The van der Waals surface area contributed by atoms with Crippen LogP contribution >= 0.6 is 7.82 Å². The molecular weight excluding hydrogens is 385 g/mol. The lowest BCUT2D eigenvalue weighted by atomic mass is 10.1. The van der Waals surface area contributed by atoms with Gasteiger partial charge in [-0.25, -0.2) is 4.79 Å². The van der Waals surface area contributed by atoms with Crippen LogP contribution < -0.4 is 16.1 Å². The second kappa shape index (κ2) is 8.33. The number of nitrogens with zero attached hydrogens (tertiary/aromatic N) is 2. The number of H-pyrrole nitrogens is 1. The van der Waals surface area contributed by atoms with Gasteiger partial charge in [0.1, 0.15) is 31.5 Å². The van der Waals surface area contributed by atoms with Crippen LogP contribution in [0, 0.1) is 0 Å². The Kier molecular flexibility index (Phi) is 6.77. The highest BCUT2D eigenvalue weighted by Crippen LogP contribution is 2.40. The molecule has 1 aliphatic rings. The Balaban J connectivity index is 1.96. The second-order valence-electron chi connectivity index (χ2n) is 7.15. The number of aliphatic hydroxyl groups is 2. The molecule has 1 aliphatic heterocycles. The van der Waals surface area contributed by atoms with Gasteiger partial charge in [0.05, 0.1) is 27.7 Å². The lowest BCUT2D eigenvalue weighted by molar-refractivity contribution is -0.870. The molecule has 1 fully saturated rings. The van der Waals surface area contributed by atoms with Crippen LogP contribution in [0.3, 0.4) is 0 Å². The molecule has 12 nitrogen and oxygen atoms in total. The van der Waals surface area contributed by atoms with Crippen LogP contribution in [0.25, 0.3) is 0 Å².